The molecular formula is C11H7F5O3. The molecule has 0 saturated carbocycles. The summed E-state index contributed by atoms with van der Waals surface area (Å²) >= 11 is 0. The van der Waals surface area contributed by atoms with E-state index >= 15 is 0 Å². The van der Waals surface area contributed by atoms with E-state index in [1.165, 1.54) is 6.92 Å². The molecule has 1 N–H and O–H groups in total. The van der Waals surface area contributed by atoms with E-state index in [9.17, 15) is 31.9 Å². The van der Waals surface area contributed by atoms with Crippen LogP contribution in [-0.4, -0.2) is 17.7 Å². The molecule has 0 fully saturated rings. The van der Waals surface area contributed by atoms with Crippen LogP contribution in [0.4, 0.5) is 22.0 Å². The number of aliphatic hydroxyl groups is 1. The Morgan fingerprint density at radius 1 is 1.05 bits per heavy atom. The molecule has 1 rings (SSSR count). The van der Waals surface area contributed by atoms with Crippen molar-refractivity contribution in [2.24, 2.45) is 0 Å². The summed E-state index contributed by atoms with van der Waals surface area (Å²) < 4.78 is 69.1. The molecule has 8 heteroatoms. The van der Waals surface area contributed by atoms with Gasteiger partial charge in [-0.1, -0.05) is 0 Å². The smallest absolute Gasteiger partial charge is 0.334 e. The van der Waals surface area contributed by atoms with Crippen molar-refractivity contribution in [3.63, 3.8) is 0 Å². The lowest BCUT2D eigenvalue weighted by atomic mass is 10.1. The number of ether oxygens (including phenoxy) is 1. The number of hydrogen-bond acceptors (Lipinski definition) is 3. The number of carbonyl (C=O) groups excluding carboxylic acids is 1. The maximum atomic E-state index is 13.2. The van der Waals surface area contributed by atoms with Crippen LogP contribution in [0.25, 0.3) is 5.76 Å². The fraction of sp³-hybridized carbons (Fsp3) is 0.182. The molecule has 0 radical (unpaired) electrons. The van der Waals surface area contributed by atoms with E-state index in [1.54, 1.807) is 0 Å². The summed E-state index contributed by atoms with van der Waals surface area (Å²) in [7, 11) is 0. The topological polar surface area (TPSA) is 46.5 Å². The minimum absolute atomic E-state index is 0.0975. The second kappa shape index (κ2) is 5.68. The number of carbonyl (C=O) groups is 1. The van der Waals surface area contributed by atoms with E-state index < -0.39 is 46.4 Å². The predicted molar refractivity (Wildman–Crippen MR) is 53.5 cm³/mol. The zero-order chi connectivity index (χ0) is 14.7. The van der Waals surface area contributed by atoms with Crippen LogP contribution >= 0.6 is 0 Å². The molecule has 0 unspecified atom stereocenters. The first-order valence-electron chi connectivity index (χ1n) is 4.90. The normalized spacial score (nSPS) is 11.6. The van der Waals surface area contributed by atoms with Crippen molar-refractivity contribution in [2.75, 3.05) is 6.61 Å². The molecule has 0 aliphatic carbocycles. The summed E-state index contributed by atoms with van der Waals surface area (Å²) in [6.45, 7) is 1.32. The Morgan fingerprint density at radius 2 is 1.47 bits per heavy atom. The van der Waals surface area contributed by atoms with Crippen molar-refractivity contribution >= 4 is 11.7 Å². The zero-order valence-corrected chi connectivity index (χ0v) is 9.44. The second-order valence-corrected chi connectivity index (χ2v) is 3.23. The van der Waals surface area contributed by atoms with E-state index in [-0.39, 0.29) is 12.7 Å². The van der Waals surface area contributed by atoms with E-state index in [0.29, 0.717) is 0 Å². The van der Waals surface area contributed by atoms with Gasteiger partial charge in [-0.2, -0.15) is 0 Å². The Bertz CT molecular complexity index is 525. The van der Waals surface area contributed by atoms with Crippen LogP contribution in [0.2, 0.25) is 0 Å². The van der Waals surface area contributed by atoms with Gasteiger partial charge in [0.1, 0.15) is 5.76 Å². The highest BCUT2D eigenvalue weighted by atomic mass is 19.2. The third-order valence-corrected chi connectivity index (χ3v) is 2.01. The Balaban J connectivity index is 3.39. The van der Waals surface area contributed by atoms with Gasteiger partial charge in [-0.05, 0) is 6.92 Å². The number of benzene rings is 1. The van der Waals surface area contributed by atoms with Gasteiger partial charge in [-0.3, -0.25) is 0 Å². The fourth-order valence-corrected chi connectivity index (χ4v) is 1.20. The Hall–Kier alpha value is -2.12. The number of hydrogen-bond donors (Lipinski definition) is 1. The van der Waals surface area contributed by atoms with Gasteiger partial charge in [0.05, 0.1) is 18.2 Å². The van der Waals surface area contributed by atoms with Gasteiger partial charge in [0.25, 0.3) is 0 Å². The first kappa shape index (κ1) is 14.9. The van der Waals surface area contributed by atoms with Crippen molar-refractivity contribution in [2.45, 2.75) is 6.92 Å². The molecule has 0 aliphatic heterocycles. The Labute approximate surface area is 103 Å². The van der Waals surface area contributed by atoms with Crippen LogP contribution in [0.5, 0.6) is 0 Å². The van der Waals surface area contributed by atoms with Crippen molar-refractivity contribution in [1.29, 1.82) is 0 Å². The molecule has 0 bridgehead atoms. The largest absolute Gasteiger partial charge is 0.507 e. The fourth-order valence-electron chi connectivity index (χ4n) is 1.20. The van der Waals surface area contributed by atoms with E-state index in [0.717, 1.165) is 0 Å². The zero-order valence-electron chi connectivity index (χ0n) is 9.44. The SMILES string of the molecule is CCOC(=O)/C=C(\O)c1c(F)c(F)c(F)c(F)c1F. The standard InChI is InChI=1S/C11H7F5O3/c1-2-19-5(18)3-4(17)6-7(12)9(14)11(16)10(15)8(6)13/h3,17H,2H2,1H3/b4-3-. The summed E-state index contributed by atoms with van der Waals surface area (Å²) in [5.74, 6) is -13.9. The molecule has 0 saturated heterocycles. The summed E-state index contributed by atoms with van der Waals surface area (Å²) in [5, 5.41) is 9.24. The van der Waals surface area contributed by atoms with Crippen LogP contribution in [0.3, 0.4) is 0 Å². The quantitative estimate of drug-likeness (QED) is 0.231. The van der Waals surface area contributed by atoms with Crippen LogP contribution in [-0.2, 0) is 9.53 Å². The molecule has 19 heavy (non-hydrogen) atoms. The summed E-state index contributed by atoms with van der Waals surface area (Å²) in [6, 6.07) is 0. The molecule has 3 nitrogen and oxygen atoms in total. The molecule has 0 heterocycles. The Morgan fingerprint density at radius 3 is 1.89 bits per heavy atom. The van der Waals surface area contributed by atoms with Crippen molar-refractivity contribution < 1.29 is 36.6 Å². The molecule has 1 aromatic carbocycles. The third kappa shape index (κ3) is 2.83. The minimum atomic E-state index is -2.36. The molecule has 104 valence electrons. The number of rotatable bonds is 3. The van der Waals surface area contributed by atoms with Crippen molar-refractivity contribution in [1.82, 2.24) is 0 Å². The van der Waals surface area contributed by atoms with Gasteiger partial charge in [-0.25, -0.2) is 26.7 Å². The van der Waals surface area contributed by atoms with E-state index in [2.05, 4.69) is 4.74 Å². The second-order valence-electron chi connectivity index (χ2n) is 3.23. The van der Waals surface area contributed by atoms with E-state index in [1.807, 2.05) is 0 Å². The van der Waals surface area contributed by atoms with Crippen LogP contribution in [0.15, 0.2) is 6.08 Å². The monoisotopic (exact) mass is 282 g/mol. The molecule has 0 aromatic heterocycles. The summed E-state index contributed by atoms with van der Waals surface area (Å²) in [5.41, 5.74) is -1.59. The molecule has 0 aliphatic rings. The van der Waals surface area contributed by atoms with Gasteiger partial charge >= 0.3 is 5.97 Å². The maximum Gasteiger partial charge on any atom is 0.334 e. The average Bonchev–Trinajstić information content (AvgIpc) is 2.34. The molecule has 0 amide bonds. The highest BCUT2D eigenvalue weighted by Gasteiger charge is 2.28. The molecule has 1 aromatic rings. The van der Waals surface area contributed by atoms with Gasteiger partial charge in [0.2, 0.25) is 5.82 Å². The molecular weight excluding hydrogens is 275 g/mol. The predicted octanol–water partition coefficient (Wildman–Crippen LogP) is 2.84. The van der Waals surface area contributed by atoms with Crippen LogP contribution in [0, 0.1) is 29.1 Å². The number of esters is 1. The van der Waals surface area contributed by atoms with Gasteiger partial charge in [0.15, 0.2) is 23.3 Å². The third-order valence-electron chi connectivity index (χ3n) is 2.01. The molecule has 0 spiro atoms. The maximum absolute atomic E-state index is 13.2. The Kier molecular flexibility index (Phi) is 4.47. The van der Waals surface area contributed by atoms with Gasteiger partial charge in [-0.15, -0.1) is 0 Å². The van der Waals surface area contributed by atoms with Crippen molar-refractivity contribution in [3.05, 3.63) is 40.7 Å². The minimum Gasteiger partial charge on any atom is -0.507 e. The number of aliphatic hydroxyl groups excluding tert-OH is 1. The lowest BCUT2D eigenvalue weighted by Gasteiger charge is -2.07. The van der Waals surface area contributed by atoms with E-state index in [4.69, 9.17) is 0 Å². The summed E-state index contributed by atoms with van der Waals surface area (Å²) in [6.07, 6.45) is 0.210. The number of halogens is 5. The first-order chi connectivity index (χ1) is 8.81. The van der Waals surface area contributed by atoms with Gasteiger partial charge < -0.3 is 9.84 Å². The lowest BCUT2D eigenvalue weighted by Crippen LogP contribution is -2.08. The van der Waals surface area contributed by atoms with Crippen LogP contribution < -0.4 is 0 Å². The first-order valence-corrected chi connectivity index (χ1v) is 4.90. The highest BCUT2D eigenvalue weighted by Crippen LogP contribution is 2.27. The average molecular weight is 282 g/mol. The van der Waals surface area contributed by atoms with Crippen molar-refractivity contribution in [3.8, 4) is 0 Å². The summed E-state index contributed by atoms with van der Waals surface area (Å²) in [4.78, 5) is 10.9. The van der Waals surface area contributed by atoms with Crippen LogP contribution in [0.1, 0.15) is 12.5 Å². The molecule has 0 atom stereocenters. The van der Waals surface area contributed by atoms with Gasteiger partial charge in [0, 0.05) is 0 Å². The lowest BCUT2D eigenvalue weighted by molar-refractivity contribution is -0.137. The highest BCUT2D eigenvalue weighted by molar-refractivity contribution is 5.89.